The van der Waals surface area contributed by atoms with Gasteiger partial charge in [0.05, 0.1) is 0 Å². The van der Waals surface area contributed by atoms with Crippen molar-refractivity contribution in [3.05, 3.63) is 22.1 Å². The zero-order valence-corrected chi connectivity index (χ0v) is 9.47. The first-order chi connectivity index (χ1) is 6.30. The molecule has 4 heteroatoms. The van der Waals surface area contributed by atoms with Gasteiger partial charge in [0, 0.05) is 0 Å². The normalized spacial score (nSPS) is 8.54. The Morgan fingerprint density at radius 2 is 2.15 bits per heavy atom. The fourth-order valence-corrected chi connectivity index (χ4v) is 3.49. The number of nitriles is 2. The van der Waals surface area contributed by atoms with Crippen molar-refractivity contribution in [1.82, 2.24) is 0 Å². The maximum atomic E-state index is 8.53. The summed E-state index contributed by atoms with van der Waals surface area (Å²) in [4.78, 5) is 0. The van der Waals surface area contributed by atoms with Crippen LogP contribution in [0, 0.1) is 22.7 Å². The van der Waals surface area contributed by atoms with Crippen LogP contribution in [0.25, 0.3) is 6.08 Å². The van der Waals surface area contributed by atoms with Gasteiger partial charge in [-0.05, 0) is 0 Å². The van der Waals surface area contributed by atoms with Crippen molar-refractivity contribution >= 4 is 32.3 Å². The molecule has 1 aromatic heterocycles. The van der Waals surface area contributed by atoms with Gasteiger partial charge < -0.3 is 0 Å². The summed E-state index contributed by atoms with van der Waals surface area (Å²) in [6.45, 7) is 0. The molecule has 0 aromatic carbocycles. The van der Waals surface area contributed by atoms with E-state index in [-0.39, 0.29) is 5.57 Å². The van der Waals surface area contributed by atoms with Gasteiger partial charge in [0.2, 0.25) is 0 Å². The molecular formula is C9H6N2SSe. The van der Waals surface area contributed by atoms with Gasteiger partial charge in [0.1, 0.15) is 0 Å². The number of thioether (sulfide) groups is 1. The molecule has 0 radical (unpaired) electrons. The van der Waals surface area contributed by atoms with Crippen LogP contribution in [0.1, 0.15) is 4.44 Å². The second-order valence-electron chi connectivity index (χ2n) is 2.14. The number of rotatable bonds is 2. The fraction of sp³-hybridized carbons (Fsp3) is 0.111. The van der Waals surface area contributed by atoms with Crippen LogP contribution < -0.4 is 0 Å². The van der Waals surface area contributed by atoms with E-state index in [1.54, 1.807) is 17.8 Å². The van der Waals surface area contributed by atoms with Gasteiger partial charge in [-0.3, -0.25) is 0 Å². The van der Waals surface area contributed by atoms with Crippen molar-refractivity contribution < 1.29 is 0 Å². The van der Waals surface area contributed by atoms with E-state index in [4.69, 9.17) is 10.5 Å². The van der Waals surface area contributed by atoms with E-state index in [1.807, 2.05) is 30.5 Å². The number of hydrogen-bond acceptors (Lipinski definition) is 3. The van der Waals surface area contributed by atoms with Gasteiger partial charge in [0.15, 0.2) is 0 Å². The van der Waals surface area contributed by atoms with Crippen LogP contribution in [0.15, 0.2) is 21.5 Å². The molecule has 0 aliphatic heterocycles. The Morgan fingerprint density at radius 3 is 2.62 bits per heavy atom. The van der Waals surface area contributed by atoms with Crippen molar-refractivity contribution in [2.75, 3.05) is 6.26 Å². The summed E-state index contributed by atoms with van der Waals surface area (Å²) in [5, 5.41) is 17.1. The summed E-state index contributed by atoms with van der Waals surface area (Å²) in [7, 11) is 0. The Kier molecular flexibility index (Phi) is 3.86. The Bertz CT molecular complexity index is 390. The van der Waals surface area contributed by atoms with Crippen LogP contribution in [-0.4, -0.2) is 20.8 Å². The van der Waals surface area contributed by atoms with Crippen molar-refractivity contribution in [3.63, 3.8) is 0 Å². The molecule has 0 saturated heterocycles. The SMILES string of the molecule is CSc1ccc(C=C(C#N)C#N)[se]1. The average molecular weight is 253 g/mol. The van der Waals surface area contributed by atoms with Crippen molar-refractivity contribution in [3.8, 4) is 12.1 Å². The second kappa shape index (κ2) is 4.94. The predicted molar refractivity (Wildman–Crippen MR) is 54.4 cm³/mol. The topological polar surface area (TPSA) is 47.6 Å². The molecule has 0 amide bonds. The first kappa shape index (κ1) is 10.2. The second-order valence-corrected chi connectivity index (χ2v) is 5.91. The van der Waals surface area contributed by atoms with Crippen LogP contribution in [0.5, 0.6) is 0 Å². The molecule has 13 heavy (non-hydrogen) atoms. The molecule has 0 fully saturated rings. The Hall–Kier alpha value is -0.931. The molecule has 64 valence electrons. The van der Waals surface area contributed by atoms with Gasteiger partial charge in [-0.15, -0.1) is 0 Å². The first-order valence-corrected chi connectivity index (χ1v) is 6.39. The van der Waals surface area contributed by atoms with Crippen molar-refractivity contribution in [2.45, 2.75) is 3.77 Å². The van der Waals surface area contributed by atoms with Gasteiger partial charge in [-0.2, -0.15) is 0 Å². The molecule has 0 aliphatic carbocycles. The maximum absolute atomic E-state index is 8.53. The van der Waals surface area contributed by atoms with Crippen LogP contribution in [0.4, 0.5) is 0 Å². The summed E-state index contributed by atoms with van der Waals surface area (Å²) in [5.41, 5.74) is 0.184. The van der Waals surface area contributed by atoms with E-state index in [1.165, 1.54) is 3.77 Å². The first-order valence-electron chi connectivity index (χ1n) is 3.46. The Morgan fingerprint density at radius 1 is 1.46 bits per heavy atom. The average Bonchev–Trinajstić information content (AvgIpc) is 2.61. The van der Waals surface area contributed by atoms with Gasteiger partial charge in [-0.25, -0.2) is 0 Å². The molecule has 1 rings (SSSR count). The molecule has 0 N–H and O–H groups in total. The van der Waals surface area contributed by atoms with E-state index in [9.17, 15) is 0 Å². The quantitative estimate of drug-likeness (QED) is 0.459. The van der Waals surface area contributed by atoms with Gasteiger partial charge in [0.25, 0.3) is 0 Å². The van der Waals surface area contributed by atoms with Gasteiger partial charge >= 0.3 is 87.2 Å². The number of allylic oxidation sites excluding steroid dienone is 1. The predicted octanol–water partition coefficient (Wildman–Crippen LogP) is 1.90. The number of nitrogens with zero attached hydrogens (tertiary/aromatic N) is 2. The summed E-state index contributed by atoms with van der Waals surface area (Å²) in [5.74, 6) is 0. The molecule has 0 atom stereocenters. The third-order valence-electron chi connectivity index (χ3n) is 1.33. The third kappa shape index (κ3) is 2.79. The van der Waals surface area contributed by atoms with Crippen LogP contribution in [0.3, 0.4) is 0 Å². The zero-order valence-electron chi connectivity index (χ0n) is 6.94. The van der Waals surface area contributed by atoms with Crippen molar-refractivity contribution in [1.29, 1.82) is 10.5 Å². The molecule has 2 nitrogen and oxygen atoms in total. The van der Waals surface area contributed by atoms with Gasteiger partial charge in [-0.1, -0.05) is 0 Å². The summed E-state index contributed by atoms with van der Waals surface area (Å²) < 4.78 is 2.42. The van der Waals surface area contributed by atoms with E-state index >= 15 is 0 Å². The standard InChI is InChI=1S/C9H6N2SSe/c1-12-9-3-2-8(13-9)4-7(5-10)6-11/h2-4H,1H3. The molecule has 1 aromatic rings. The minimum atomic E-state index is 0.184. The molecule has 1 heterocycles. The molecule has 0 unspecified atom stereocenters. The van der Waals surface area contributed by atoms with E-state index in [0.717, 1.165) is 4.44 Å². The van der Waals surface area contributed by atoms with Crippen LogP contribution in [0.2, 0.25) is 0 Å². The monoisotopic (exact) mass is 254 g/mol. The Labute approximate surface area is 87.2 Å². The van der Waals surface area contributed by atoms with Crippen LogP contribution in [-0.2, 0) is 0 Å². The minimum absolute atomic E-state index is 0.184. The van der Waals surface area contributed by atoms with Crippen LogP contribution >= 0.6 is 11.8 Å². The third-order valence-corrected chi connectivity index (χ3v) is 5.09. The molecule has 0 bridgehead atoms. The van der Waals surface area contributed by atoms with E-state index in [2.05, 4.69) is 0 Å². The van der Waals surface area contributed by atoms with Crippen molar-refractivity contribution in [2.24, 2.45) is 0 Å². The van der Waals surface area contributed by atoms with E-state index in [0.29, 0.717) is 14.5 Å². The summed E-state index contributed by atoms with van der Waals surface area (Å²) in [6.07, 6.45) is 3.70. The zero-order chi connectivity index (χ0) is 9.68. The molecular weight excluding hydrogens is 247 g/mol. The summed E-state index contributed by atoms with van der Waals surface area (Å²) >= 11 is 2.01. The molecule has 0 spiro atoms. The fourth-order valence-electron chi connectivity index (χ4n) is 0.753. The molecule has 0 saturated carbocycles. The molecule has 0 aliphatic rings. The van der Waals surface area contributed by atoms with E-state index < -0.39 is 0 Å². The summed E-state index contributed by atoms with van der Waals surface area (Å²) in [6, 6.07) is 7.72. The Balaban J connectivity index is 2.93. The number of hydrogen-bond donors (Lipinski definition) is 0.